The number of anilines is 3. The summed E-state index contributed by atoms with van der Waals surface area (Å²) in [6.07, 6.45) is 0. The number of hydrogen-bond acceptors (Lipinski definition) is 2. The second-order valence-corrected chi connectivity index (χ2v) is 11.3. The van der Waals surface area contributed by atoms with Crippen LogP contribution >= 0.6 is 0 Å². The van der Waals surface area contributed by atoms with Crippen molar-refractivity contribution in [2.75, 3.05) is 4.90 Å². The molecular formula is C42H27NO. The minimum absolute atomic E-state index is 0.882. The third-order valence-electron chi connectivity index (χ3n) is 8.83. The summed E-state index contributed by atoms with van der Waals surface area (Å²) >= 11 is 0. The van der Waals surface area contributed by atoms with Crippen molar-refractivity contribution < 1.29 is 4.42 Å². The average molecular weight is 562 g/mol. The molecule has 9 rings (SSSR count). The summed E-state index contributed by atoms with van der Waals surface area (Å²) in [5.41, 5.74) is 7.38. The Kier molecular flexibility index (Phi) is 5.54. The third-order valence-corrected chi connectivity index (χ3v) is 8.83. The highest BCUT2D eigenvalue weighted by Gasteiger charge is 2.20. The molecule has 0 amide bonds. The van der Waals surface area contributed by atoms with Gasteiger partial charge < -0.3 is 9.32 Å². The first kappa shape index (κ1) is 24.7. The van der Waals surface area contributed by atoms with Crippen LogP contribution in [0.4, 0.5) is 17.1 Å². The molecule has 1 heterocycles. The zero-order valence-electron chi connectivity index (χ0n) is 23.9. The first-order chi connectivity index (χ1) is 21.8. The predicted octanol–water partition coefficient (Wildman–Crippen LogP) is 12.2. The molecule has 1 aromatic heterocycles. The zero-order valence-corrected chi connectivity index (χ0v) is 23.9. The predicted molar refractivity (Wildman–Crippen MR) is 186 cm³/mol. The van der Waals surface area contributed by atoms with Crippen molar-refractivity contribution in [1.82, 2.24) is 0 Å². The summed E-state index contributed by atoms with van der Waals surface area (Å²) in [5.74, 6) is 0. The molecule has 2 heteroatoms. The van der Waals surface area contributed by atoms with Crippen molar-refractivity contribution in [1.29, 1.82) is 0 Å². The van der Waals surface area contributed by atoms with E-state index in [1.54, 1.807) is 0 Å². The zero-order chi connectivity index (χ0) is 29.0. The van der Waals surface area contributed by atoms with Crippen LogP contribution in [0, 0.1) is 0 Å². The van der Waals surface area contributed by atoms with Gasteiger partial charge in [-0.3, -0.25) is 0 Å². The molecule has 0 radical (unpaired) electrons. The first-order valence-corrected chi connectivity index (χ1v) is 15.0. The molecule has 8 aromatic carbocycles. The van der Waals surface area contributed by atoms with E-state index in [0.29, 0.717) is 0 Å². The highest BCUT2D eigenvalue weighted by atomic mass is 16.3. The SMILES string of the molecule is c1ccc(N(c2ccc(-c3cc4ccccc4c4ccccc34)cc2)c2cccc3c2oc2ccc4ccccc4c23)cc1. The molecule has 2 nitrogen and oxygen atoms in total. The van der Waals surface area contributed by atoms with Gasteiger partial charge in [-0.1, -0.05) is 121 Å². The molecule has 0 saturated heterocycles. The minimum Gasteiger partial charge on any atom is -0.454 e. The van der Waals surface area contributed by atoms with Gasteiger partial charge in [0.1, 0.15) is 5.58 Å². The Labute approximate surface area is 255 Å². The van der Waals surface area contributed by atoms with Crippen molar-refractivity contribution >= 4 is 71.3 Å². The quantitative estimate of drug-likeness (QED) is 0.199. The van der Waals surface area contributed by atoms with E-state index in [0.717, 1.165) is 39.0 Å². The van der Waals surface area contributed by atoms with E-state index in [4.69, 9.17) is 4.42 Å². The number of nitrogens with zero attached hydrogens (tertiary/aromatic N) is 1. The molecule has 0 aliphatic heterocycles. The summed E-state index contributed by atoms with van der Waals surface area (Å²) in [7, 11) is 0. The van der Waals surface area contributed by atoms with Gasteiger partial charge in [-0.05, 0) is 85.9 Å². The van der Waals surface area contributed by atoms with Crippen LogP contribution < -0.4 is 4.90 Å². The number of rotatable bonds is 4. The highest BCUT2D eigenvalue weighted by Crippen LogP contribution is 2.44. The Morgan fingerprint density at radius 2 is 1.05 bits per heavy atom. The van der Waals surface area contributed by atoms with Gasteiger partial charge in [-0.15, -0.1) is 0 Å². The average Bonchev–Trinajstić information content (AvgIpc) is 3.49. The van der Waals surface area contributed by atoms with Gasteiger partial charge in [0.15, 0.2) is 5.58 Å². The van der Waals surface area contributed by atoms with E-state index in [2.05, 4.69) is 169 Å². The van der Waals surface area contributed by atoms with Crippen LogP contribution in [0.25, 0.3) is 65.4 Å². The van der Waals surface area contributed by atoms with Crippen molar-refractivity contribution in [3.05, 3.63) is 164 Å². The van der Waals surface area contributed by atoms with Gasteiger partial charge in [-0.2, -0.15) is 0 Å². The molecule has 0 atom stereocenters. The Balaban J connectivity index is 1.24. The van der Waals surface area contributed by atoms with Crippen LogP contribution in [-0.2, 0) is 0 Å². The first-order valence-electron chi connectivity index (χ1n) is 15.0. The van der Waals surface area contributed by atoms with Crippen molar-refractivity contribution in [3.8, 4) is 11.1 Å². The standard InChI is InChI=1S/C42H27NO/c1-2-13-31(14-3-1)43(39-20-10-19-37-41-34-16-7-4-11-28(34)23-26-40(41)44-42(37)39)32-24-21-29(22-25-32)38-27-30-12-5-6-15-33(30)35-17-8-9-18-36(35)38/h1-27H. The van der Waals surface area contributed by atoms with E-state index in [1.807, 2.05) is 0 Å². The van der Waals surface area contributed by atoms with E-state index < -0.39 is 0 Å². The Bertz CT molecular complexity index is 2490. The van der Waals surface area contributed by atoms with E-state index in [-0.39, 0.29) is 0 Å². The van der Waals surface area contributed by atoms with E-state index in [9.17, 15) is 0 Å². The fourth-order valence-corrected chi connectivity index (χ4v) is 6.82. The van der Waals surface area contributed by atoms with Gasteiger partial charge in [0.2, 0.25) is 0 Å². The Morgan fingerprint density at radius 3 is 1.86 bits per heavy atom. The Hall–Kier alpha value is -5.86. The van der Waals surface area contributed by atoms with Crippen LogP contribution in [0.5, 0.6) is 0 Å². The lowest BCUT2D eigenvalue weighted by atomic mass is 9.93. The van der Waals surface area contributed by atoms with Gasteiger partial charge in [-0.25, -0.2) is 0 Å². The number of benzene rings is 8. The maximum Gasteiger partial charge on any atom is 0.159 e. The third kappa shape index (κ3) is 3.82. The van der Waals surface area contributed by atoms with Crippen molar-refractivity contribution in [3.63, 3.8) is 0 Å². The maximum absolute atomic E-state index is 6.66. The molecule has 0 bridgehead atoms. The monoisotopic (exact) mass is 561 g/mol. The van der Waals surface area contributed by atoms with Gasteiger partial charge in [0.05, 0.1) is 5.69 Å². The summed E-state index contributed by atoms with van der Waals surface area (Å²) in [6, 6.07) is 58.4. The summed E-state index contributed by atoms with van der Waals surface area (Å²) in [4.78, 5) is 2.30. The van der Waals surface area contributed by atoms with Crippen LogP contribution in [0.3, 0.4) is 0 Å². The Morgan fingerprint density at radius 1 is 0.409 bits per heavy atom. The molecule has 44 heavy (non-hydrogen) atoms. The molecule has 9 aromatic rings. The molecule has 0 unspecified atom stereocenters. The lowest BCUT2D eigenvalue weighted by Gasteiger charge is -2.25. The number of hydrogen-bond donors (Lipinski definition) is 0. The summed E-state index contributed by atoms with van der Waals surface area (Å²) in [6.45, 7) is 0. The molecule has 0 N–H and O–H groups in total. The van der Waals surface area contributed by atoms with E-state index in [1.165, 1.54) is 43.4 Å². The fraction of sp³-hybridized carbons (Fsp3) is 0. The van der Waals surface area contributed by atoms with Crippen molar-refractivity contribution in [2.45, 2.75) is 0 Å². The molecule has 0 aliphatic rings. The van der Waals surface area contributed by atoms with Gasteiger partial charge in [0, 0.05) is 22.1 Å². The van der Waals surface area contributed by atoms with Gasteiger partial charge in [0.25, 0.3) is 0 Å². The van der Waals surface area contributed by atoms with Crippen LogP contribution in [-0.4, -0.2) is 0 Å². The number of para-hydroxylation sites is 2. The molecule has 0 aliphatic carbocycles. The lowest BCUT2D eigenvalue weighted by Crippen LogP contribution is -2.10. The normalized spacial score (nSPS) is 11.6. The second kappa shape index (κ2) is 9.86. The number of furan rings is 1. The van der Waals surface area contributed by atoms with Crippen LogP contribution in [0.1, 0.15) is 0 Å². The molecule has 0 spiro atoms. The lowest BCUT2D eigenvalue weighted by molar-refractivity contribution is 0.669. The van der Waals surface area contributed by atoms with E-state index >= 15 is 0 Å². The minimum atomic E-state index is 0.882. The maximum atomic E-state index is 6.66. The molecule has 206 valence electrons. The summed E-state index contributed by atoms with van der Waals surface area (Å²) in [5, 5.41) is 9.77. The van der Waals surface area contributed by atoms with Crippen LogP contribution in [0.2, 0.25) is 0 Å². The number of fused-ring (bicyclic) bond motifs is 8. The smallest absolute Gasteiger partial charge is 0.159 e. The molecule has 0 fully saturated rings. The second-order valence-electron chi connectivity index (χ2n) is 11.3. The molecule has 0 saturated carbocycles. The van der Waals surface area contributed by atoms with Crippen molar-refractivity contribution in [2.24, 2.45) is 0 Å². The topological polar surface area (TPSA) is 16.4 Å². The largest absolute Gasteiger partial charge is 0.454 e. The van der Waals surface area contributed by atoms with Gasteiger partial charge >= 0.3 is 0 Å². The van der Waals surface area contributed by atoms with Crippen LogP contribution in [0.15, 0.2) is 168 Å². The summed E-state index contributed by atoms with van der Waals surface area (Å²) < 4.78 is 6.66. The highest BCUT2D eigenvalue weighted by molar-refractivity contribution is 6.21. The molecular weight excluding hydrogens is 534 g/mol. The fourth-order valence-electron chi connectivity index (χ4n) is 6.82.